The molecule has 0 unspecified atom stereocenters. The molecule has 0 heteroatoms. The molecule has 0 aromatic heterocycles. The highest BCUT2D eigenvalue weighted by atomic mass is 14.0. The van der Waals surface area contributed by atoms with Crippen molar-refractivity contribution in [3.8, 4) is 0 Å². The molecule has 1 rings (SSSR count). The van der Waals surface area contributed by atoms with Gasteiger partial charge in [0.2, 0.25) is 0 Å². The van der Waals surface area contributed by atoms with Crippen LogP contribution in [-0.2, 0) is 12.8 Å². The molecule has 0 radical (unpaired) electrons. The number of benzene rings is 1. The summed E-state index contributed by atoms with van der Waals surface area (Å²) in [6.45, 7) is 6.37. The predicted octanol–water partition coefficient (Wildman–Crippen LogP) is 4.31. The first-order valence-electron chi connectivity index (χ1n) is 5.63. The van der Waals surface area contributed by atoms with Gasteiger partial charge in [0.15, 0.2) is 0 Å². The molecule has 0 amide bonds. The number of allylic oxidation sites excluding steroid dienone is 4. The Morgan fingerprint density at radius 3 is 2.27 bits per heavy atom. The minimum absolute atomic E-state index is 1.02. The highest BCUT2D eigenvalue weighted by molar-refractivity contribution is 5.25. The Kier molecular flexibility index (Phi) is 4.89. The molecule has 0 aliphatic heterocycles. The average Bonchev–Trinajstić information content (AvgIpc) is 2.29. The molecule has 0 saturated heterocycles. The van der Waals surface area contributed by atoms with Crippen molar-refractivity contribution in [2.45, 2.75) is 33.6 Å². The summed E-state index contributed by atoms with van der Waals surface area (Å²) in [7, 11) is 0. The van der Waals surface area contributed by atoms with Gasteiger partial charge >= 0.3 is 0 Å². The van der Waals surface area contributed by atoms with Crippen molar-refractivity contribution in [2.24, 2.45) is 0 Å². The van der Waals surface area contributed by atoms with Gasteiger partial charge in [0.1, 0.15) is 0 Å². The van der Waals surface area contributed by atoms with Gasteiger partial charge in [-0.3, -0.25) is 0 Å². The van der Waals surface area contributed by atoms with Gasteiger partial charge in [-0.2, -0.15) is 0 Å². The minimum atomic E-state index is 1.02. The van der Waals surface area contributed by atoms with E-state index in [0.717, 1.165) is 12.8 Å². The summed E-state index contributed by atoms with van der Waals surface area (Å²) in [5, 5.41) is 0. The first kappa shape index (κ1) is 11.8. The normalized spacial score (nSPS) is 12.3. The van der Waals surface area contributed by atoms with Gasteiger partial charge in [0.05, 0.1) is 0 Å². The van der Waals surface area contributed by atoms with Gasteiger partial charge in [0, 0.05) is 0 Å². The van der Waals surface area contributed by atoms with Gasteiger partial charge < -0.3 is 0 Å². The zero-order chi connectivity index (χ0) is 11.1. The number of hydrogen-bond donors (Lipinski definition) is 0. The predicted molar refractivity (Wildman–Crippen MR) is 68.1 cm³/mol. The summed E-state index contributed by atoms with van der Waals surface area (Å²) in [6.07, 6.45) is 8.66. The van der Waals surface area contributed by atoms with Crippen LogP contribution in [0.15, 0.2) is 48.1 Å². The van der Waals surface area contributed by atoms with E-state index in [-0.39, 0.29) is 0 Å². The quantitative estimate of drug-likeness (QED) is 0.635. The van der Waals surface area contributed by atoms with Crippen LogP contribution in [0.1, 0.15) is 31.9 Å². The molecule has 0 aliphatic rings. The number of aryl methyl sites for hydroxylation is 1. The lowest BCUT2D eigenvalue weighted by atomic mass is 10.1. The van der Waals surface area contributed by atoms with Gasteiger partial charge in [-0.15, -0.1) is 0 Å². The van der Waals surface area contributed by atoms with E-state index in [4.69, 9.17) is 0 Å². The van der Waals surface area contributed by atoms with Gasteiger partial charge in [-0.1, -0.05) is 55.0 Å². The zero-order valence-electron chi connectivity index (χ0n) is 9.96. The van der Waals surface area contributed by atoms with Crippen molar-refractivity contribution in [2.75, 3.05) is 0 Å². The number of hydrogen-bond acceptors (Lipinski definition) is 0. The van der Waals surface area contributed by atoms with Crippen molar-refractivity contribution in [3.05, 3.63) is 59.2 Å². The van der Waals surface area contributed by atoms with Crippen molar-refractivity contribution >= 4 is 0 Å². The van der Waals surface area contributed by atoms with Gasteiger partial charge in [0.25, 0.3) is 0 Å². The molecule has 15 heavy (non-hydrogen) atoms. The fourth-order valence-electron chi connectivity index (χ4n) is 1.39. The molecule has 0 atom stereocenters. The topological polar surface area (TPSA) is 0 Å². The lowest BCUT2D eigenvalue weighted by Crippen LogP contribution is -1.83. The zero-order valence-corrected chi connectivity index (χ0v) is 9.96. The molecule has 1 aromatic rings. The third kappa shape index (κ3) is 4.16. The highest BCUT2D eigenvalue weighted by Crippen LogP contribution is 2.06. The molecule has 0 aliphatic carbocycles. The van der Waals surface area contributed by atoms with Gasteiger partial charge in [-0.05, 0) is 37.8 Å². The van der Waals surface area contributed by atoms with Crippen molar-refractivity contribution in [3.63, 3.8) is 0 Å². The van der Waals surface area contributed by atoms with E-state index in [9.17, 15) is 0 Å². The highest BCUT2D eigenvalue weighted by Gasteiger charge is 1.90. The average molecular weight is 200 g/mol. The molecule has 1 aromatic carbocycles. The molecular formula is C15H20. The summed E-state index contributed by atoms with van der Waals surface area (Å²) < 4.78 is 0. The third-order valence-electron chi connectivity index (χ3n) is 2.62. The second-order valence-electron chi connectivity index (χ2n) is 3.81. The monoisotopic (exact) mass is 200 g/mol. The van der Waals surface area contributed by atoms with Crippen LogP contribution in [0, 0.1) is 0 Å². The maximum atomic E-state index is 2.22. The Balaban J connectivity index is 2.54. The molecule has 80 valence electrons. The van der Waals surface area contributed by atoms with Crippen LogP contribution in [0.3, 0.4) is 0 Å². The van der Waals surface area contributed by atoms with E-state index in [1.165, 1.54) is 16.7 Å². The summed E-state index contributed by atoms with van der Waals surface area (Å²) in [6, 6.07) is 8.86. The standard InChI is InChI=1S/C15H20/c1-4-13(3)7-6-8-15-11-9-14(5-2)10-12-15/h4,6-7,9-12H,5,8H2,1-3H3/b7-6-,13-4-. The lowest BCUT2D eigenvalue weighted by molar-refractivity contribution is 1.13. The van der Waals surface area contributed by atoms with Crippen LogP contribution in [0.5, 0.6) is 0 Å². The Labute approximate surface area is 93.3 Å². The molecule has 0 saturated carbocycles. The van der Waals surface area contributed by atoms with E-state index in [1.807, 2.05) is 0 Å². The summed E-state index contributed by atoms with van der Waals surface area (Å²) >= 11 is 0. The molecule has 0 nitrogen and oxygen atoms in total. The van der Waals surface area contributed by atoms with Crippen LogP contribution < -0.4 is 0 Å². The van der Waals surface area contributed by atoms with E-state index in [1.54, 1.807) is 0 Å². The Bertz CT molecular complexity index is 339. The largest absolute Gasteiger partial charge is 0.0847 e. The van der Waals surface area contributed by atoms with E-state index >= 15 is 0 Å². The van der Waals surface area contributed by atoms with E-state index in [0.29, 0.717) is 0 Å². The fraction of sp³-hybridized carbons (Fsp3) is 0.333. The minimum Gasteiger partial charge on any atom is -0.0847 e. The van der Waals surface area contributed by atoms with Crippen LogP contribution >= 0.6 is 0 Å². The number of rotatable bonds is 4. The second kappa shape index (κ2) is 6.23. The SMILES string of the molecule is C/C=C(C)\C=C/Cc1ccc(CC)cc1. The van der Waals surface area contributed by atoms with Crippen molar-refractivity contribution in [1.82, 2.24) is 0 Å². The summed E-state index contributed by atoms with van der Waals surface area (Å²) in [5.74, 6) is 0. The van der Waals surface area contributed by atoms with Crippen LogP contribution in [-0.4, -0.2) is 0 Å². The summed E-state index contributed by atoms with van der Waals surface area (Å²) in [5.41, 5.74) is 4.11. The molecular weight excluding hydrogens is 180 g/mol. The Morgan fingerprint density at radius 2 is 1.73 bits per heavy atom. The smallest absolute Gasteiger partial charge is 0.00942 e. The fourth-order valence-corrected chi connectivity index (χ4v) is 1.39. The molecule has 0 fully saturated rings. The third-order valence-corrected chi connectivity index (χ3v) is 2.62. The molecule has 0 bridgehead atoms. The molecule has 0 N–H and O–H groups in total. The first-order chi connectivity index (χ1) is 7.26. The second-order valence-corrected chi connectivity index (χ2v) is 3.81. The van der Waals surface area contributed by atoms with E-state index in [2.05, 4.69) is 63.3 Å². The van der Waals surface area contributed by atoms with Crippen LogP contribution in [0.2, 0.25) is 0 Å². The Morgan fingerprint density at radius 1 is 1.13 bits per heavy atom. The Hall–Kier alpha value is -1.30. The molecule has 0 spiro atoms. The van der Waals surface area contributed by atoms with Crippen LogP contribution in [0.25, 0.3) is 0 Å². The van der Waals surface area contributed by atoms with Crippen molar-refractivity contribution < 1.29 is 0 Å². The van der Waals surface area contributed by atoms with Crippen molar-refractivity contribution in [1.29, 1.82) is 0 Å². The van der Waals surface area contributed by atoms with E-state index < -0.39 is 0 Å². The summed E-state index contributed by atoms with van der Waals surface area (Å²) in [4.78, 5) is 0. The lowest BCUT2D eigenvalue weighted by Gasteiger charge is -1.99. The van der Waals surface area contributed by atoms with Gasteiger partial charge in [-0.25, -0.2) is 0 Å². The molecule has 0 heterocycles. The maximum Gasteiger partial charge on any atom is -0.00942 e. The first-order valence-corrected chi connectivity index (χ1v) is 5.63. The maximum absolute atomic E-state index is 2.22. The van der Waals surface area contributed by atoms with Crippen LogP contribution in [0.4, 0.5) is 0 Å².